The van der Waals surface area contributed by atoms with E-state index in [-0.39, 0.29) is 17.5 Å². The lowest BCUT2D eigenvalue weighted by atomic mass is 9.62. The van der Waals surface area contributed by atoms with Crippen molar-refractivity contribution in [3.05, 3.63) is 143 Å². The van der Waals surface area contributed by atoms with Crippen molar-refractivity contribution in [1.29, 1.82) is 0 Å². The Bertz CT molecular complexity index is 1710. The third kappa shape index (κ3) is 3.65. The van der Waals surface area contributed by atoms with Gasteiger partial charge in [0.15, 0.2) is 11.6 Å². The number of anilines is 1. The van der Waals surface area contributed by atoms with E-state index in [1.54, 1.807) is 12.1 Å². The van der Waals surface area contributed by atoms with Gasteiger partial charge in [0.1, 0.15) is 11.5 Å². The Balaban J connectivity index is 1.50. The topological polar surface area (TPSA) is 66.5 Å². The average molecular weight is 539 g/mol. The van der Waals surface area contributed by atoms with E-state index in [2.05, 4.69) is 12.2 Å². The Labute approximate surface area is 239 Å². The SMILES string of the molecule is CCCc1ccc(C(=O)[C@@H]2[C@H](C(=O)c3ccccc3)N3C=Cc4ccccc4[C@H]3[C@]23C(=O)Nc2ccccc23)cc1. The number of Topliss-reactive ketones (excluding diaryl/α,β-unsaturated/α-hetero) is 2. The summed E-state index contributed by atoms with van der Waals surface area (Å²) in [6.07, 6.45) is 5.82. The molecular formula is C36H30N2O3. The Morgan fingerprint density at radius 1 is 0.805 bits per heavy atom. The molecule has 1 fully saturated rings. The molecule has 0 bridgehead atoms. The van der Waals surface area contributed by atoms with Gasteiger partial charge in [-0.15, -0.1) is 0 Å². The van der Waals surface area contributed by atoms with Gasteiger partial charge < -0.3 is 10.2 Å². The monoisotopic (exact) mass is 538 g/mol. The van der Waals surface area contributed by atoms with Gasteiger partial charge in [0.25, 0.3) is 0 Å². The first kappa shape index (κ1) is 25.2. The zero-order chi connectivity index (χ0) is 28.1. The van der Waals surface area contributed by atoms with Gasteiger partial charge in [0.2, 0.25) is 5.91 Å². The van der Waals surface area contributed by atoms with E-state index in [0.717, 1.165) is 35.1 Å². The Morgan fingerprint density at radius 2 is 1.49 bits per heavy atom. The predicted octanol–water partition coefficient (Wildman–Crippen LogP) is 6.62. The molecule has 0 unspecified atom stereocenters. The first-order valence-corrected chi connectivity index (χ1v) is 14.2. The molecule has 1 amide bonds. The summed E-state index contributed by atoms with van der Waals surface area (Å²) in [6.45, 7) is 2.12. The molecule has 1 N–H and O–H groups in total. The second kappa shape index (κ2) is 9.70. The number of rotatable bonds is 6. The number of carbonyl (C=O) groups excluding carboxylic acids is 3. The summed E-state index contributed by atoms with van der Waals surface area (Å²) in [5.74, 6) is -1.58. The van der Waals surface area contributed by atoms with E-state index in [4.69, 9.17) is 0 Å². The Kier molecular flexibility index (Phi) is 5.97. The lowest BCUT2D eigenvalue weighted by molar-refractivity contribution is -0.122. The molecule has 3 aliphatic heterocycles. The standard InChI is InChI=1S/C36H30N2O3/c1-2-10-23-17-19-26(20-18-23)32(39)30-31(33(40)25-12-4-3-5-13-25)38-22-21-24-11-6-7-14-27(24)34(38)36(30)28-15-8-9-16-29(28)37-35(36)41/h3-9,11-22,30-31,34H,2,10H2,1H3,(H,37,41)/t30-,31+,34-,36+/m0/s1. The van der Waals surface area contributed by atoms with Crippen LogP contribution in [0.1, 0.15) is 62.4 Å². The highest BCUT2D eigenvalue weighted by Gasteiger charge is 2.70. The maximum atomic E-state index is 14.9. The van der Waals surface area contributed by atoms with E-state index >= 15 is 0 Å². The largest absolute Gasteiger partial charge is 0.358 e. The summed E-state index contributed by atoms with van der Waals surface area (Å²) in [4.78, 5) is 45.8. The number of aryl methyl sites for hydroxylation is 1. The van der Waals surface area contributed by atoms with Crippen LogP contribution >= 0.6 is 0 Å². The zero-order valence-electron chi connectivity index (χ0n) is 22.8. The van der Waals surface area contributed by atoms with Gasteiger partial charge >= 0.3 is 0 Å². The molecule has 5 nitrogen and oxygen atoms in total. The van der Waals surface area contributed by atoms with Crippen LogP contribution in [-0.4, -0.2) is 28.4 Å². The van der Waals surface area contributed by atoms with Crippen LogP contribution in [0.2, 0.25) is 0 Å². The van der Waals surface area contributed by atoms with Gasteiger partial charge in [0, 0.05) is 23.0 Å². The van der Waals surface area contributed by atoms with E-state index in [0.29, 0.717) is 16.8 Å². The highest BCUT2D eigenvalue weighted by molar-refractivity contribution is 6.16. The van der Waals surface area contributed by atoms with Crippen molar-refractivity contribution in [1.82, 2.24) is 4.90 Å². The van der Waals surface area contributed by atoms with E-state index in [1.807, 2.05) is 108 Å². The molecule has 1 saturated heterocycles. The Morgan fingerprint density at radius 3 is 2.27 bits per heavy atom. The molecule has 4 aromatic carbocycles. The van der Waals surface area contributed by atoms with Gasteiger partial charge in [-0.05, 0) is 40.8 Å². The lowest BCUT2D eigenvalue weighted by Crippen LogP contribution is -2.49. The number of fused-ring (bicyclic) bond motifs is 6. The molecular weight excluding hydrogens is 508 g/mol. The minimum Gasteiger partial charge on any atom is -0.358 e. The van der Waals surface area contributed by atoms with Crippen molar-refractivity contribution in [2.75, 3.05) is 5.32 Å². The normalized spacial score (nSPS) is 23.6. The van der Waals surface area contributed by atoms with Gasteiger partial charge in [-0.25, -0.2) is 0 Å². The fourth-order valence-corrected chi connectivity index (χ4v) is 7.24. The summed E-state index contributed by atoms with van der Waals surface area (Å²) in [5, 5.41) is 3.10. The maximum Gasteiger partial charge on any atom is 0.238 e. The second-order valence-corrected chi connectivity index (χ2v) is 11.1. The summed E-state index contributed by atoms with van der Waals surface area (Å²) in [7, 11) is 0. The zero-order valence-corrected chi connectivity index (χ0v) is 22.8. The molecule has 0 saturated carbocycles. The molecule has 3 heterocycles. The number of amides is 1. The number of para-hydroxylation sites is 1. The average Bonchev–Trinajstić information content (AvgIpc) is 3.49. The van der Waals surface area contributed by atoms with Gasteiger partial charge in [-0.2, -0.15) is 0 Å². The quantitative estimate of drug-likeness (QED) is 0.280. The third-order valence-corrected chi connectivity index (χ3v) is 8.96. The maximum absolute atomic E-state index is 14.9. The number of hydrogen-bond acceptors (Lipinski definition) is 4. The molecule has 4 aromatic rings. The molecule has 202 valence electrons. The number of ketones is 2. The minimum absolute atomic E-state index is 0.172. The van der Waals surface area contributed by atoms with Crippen molar-refractivity contribution in [2.24, 2.45) is 5.92 Å². The van der Waals surface area contributed by atoms with E-state index < -0.39 is 23.4 Å². The molecule has 1 spiro atoms. The smallest absolute Gasteiger partial charge is 0.238 e. The van der Waals surface area contributed by atoms with E-state index in [9.17, 15) is 14.4 Å². The highest BCUT2D eigenvalue weighted by atomic mass is 16.2. The van der Waals surface area contributed by atoms with Gasteiger partial charge in [-0.1, -0.05) is 110 Å². The van der Waals surface area contributed by atoms with Crippen molar-refractivity contribution in [2.45, 2.75) is 37.3 Å². The number of hydrogen-bond donors (Lipinski definition) is 1. The number of carbonyl (C=O) groups is 3. The molecule has 41 heavy (non-hydrogen) atoms. The molecule has 7 rings (SSSR count). The molecule has 0 aromatic heterocycles. The lowest BCUT2D eigenvalue weighted by Gasteiger charge is -2.38. The summed E-state index contributed by atoms with van der Waals surface area (Å²) >= 11 is 0. The predicted molar refractivity (Wildman–Crippen MR) is 160 cm³/mol. The van der Waals surface area contributed by atoms with Crippen LogP contribution in [0.4, 0.5) is 5.69 Å². The molecule has 0 radical (unpaired) electrons. The van der Waals surface area contributed by atoms with E-state index in [1.165, 1.54) is 0 Å². The molecule has 3 aliphatic rings. The minimum atomic E-state index is -1.31. The van der Waals surface area contributed by atoms with Crippen LogP contribution in [0.3, 0.4) is 0 Å². The van der Waals surface area contributed by atoms with Crippen molar-refractivity contribution < 1.29 is 14.4 Å². The van der Waals surface area contributed by atoms with Crippen LogP contribution in [0.25, 0.3) is 6.08 Å². The van der Waals surface area contributed by atoms with Crippen molar-refractivity contribution in [3.63, 3.8) is 0 Å². The molecule has 4 atom stereocenters. The third-order valence-electron chi connectivity index (χ3n) is 8.96. The van der Waals surface area contributed by atoms with Crippen LogP contribution in [0, 0.1) is 5.92 Å². The summed E-state index contributed by atoms with van der Waals surface area (Å²) in [5.41, 5.74) is 4.22. The van der Waals surface area contributed by atoms with Crippen molar-refractivity contribution >= 4 is 29.2 Å². The summed E-state index contributed by atoms with van der Waals surface area (Å²) in [6, 6.07) is 30.9. The van der Waals surface area contributed by atoms with Crippen molar-refractivity contribution in [3.8, 4) is 0 Å². The fraction of sp³-hybridized carbons (Fsp3) is 0.194. The molecule has 0 aliphatic carbocycles. The summed E-state index contributed by atoms with van der Waals surface area (Å²) < 4.78 is 0. The number of benzene rings is 4. The van der Waals surface area contributed by atoms with Gasteiger partial charge in [0.05, 0.1) is 12.0 Å². The number of nitrogens with one attached hydrogen (secondary N) is 1. The van der Waals surface area contributed by atoms with Crippen LogP contribution < -0.4 is 5.32 Å². The van der Waals surface area contributed by atoms with Gasteiger partial charge in [-0.3, -0.25) is 14.4 Å². The molecule has 5 heteroatoms. The van der Waals surface area contributed by atoms with Crippen LogP contribution in [0.5, 0.6) is 0 Å². The first-order chi connectivity index (χ1) is 20.1. The number of nitrogens with zero attached hydrogens (tertiary/aromatic N) is 1. The Hall–Kier alpha value is -4.77. The van der Waals surface area contributed by atoms with Crippen LogP contribution in [0.15, 0.2) is 109 Å². The highest BCUT2D eigenvalue weighted by Crippen LogP contribution is 2.62. The second-order valence-electron chi connectivity index (χ2n) is 11.1. The van der Waals surface area contributed by atoms with Crippen LogP contribution in [-0.2, 0) is 16.6 Å². The fourth-order valence-electron chi connectivity index (χ4n) is 7.24. The first-order valence-electron chi connectivity index (χ1n) is 14.2.